The van der Waals surface area contributed by atoms with Gasteiger partial charge in [-0.2, -0.15) is 13.2 Å². The Morgan fingerprint density at radius 3 is 2.20 bits per heavy atom. The van der Waals surface area contributed by atoms with Gasteiger partial charge >= 0.3 is 6.18 Å². The molecular weight excluding hydrogens is 265 g/mol. The summed E-state index contributed by atoms with van der Waals surface area (Å²) in [6.45, 7) is 3.85. The summed E-state index contributed by atoms with van der Waals surface area (Å²) in [5, 5.41) is 3.38. The minimum Gasteiger partial charge on any atom is -0.314 e. The standard InChI is InChI=1S/C15H23F3N2/c1-4-19-14(9-10-20(2)3)11-12-5-7-13(8-6-12)15(16,17)18/h5-8,14,19H,4,9-11H2,1-3H3. The van der Waals surface area contributed by atoms with Crippen LogP contribution in [0.4, 0.5) is 13.2 Å². The van der Waals surface area contributed by atoms with Crippen molar-refractivity contribution < 1.29 is 13.2 Å². The number of hydrogen-bond donors (Lipinski definition) is 1. The molecule has 0 heterocycles. The SMILES string of the molecule is CCNC(CCN(C)C)Cc1ccc(C(F)(F)F)cc1. The topological polar surface area (TPSA) is 15.3 Å². The Morgan fingerprint density at radius 1 is 1.15 bits per heavy atom. The molecule has 1 N–H and O–H groups in total. The number of nitrogens with zero attached hydrogens (tertiary/aromatic N) is 1. The fourth-order valence-corrected chi connectivity index (χ4v) is 2.09. The molecule has 0 radical (unpaired) electrons. The Kier molecular flexibility index (Phi) is 6.49. The van der Waals surface area contributed by atoms with E-state index in [9.17, 15) is 13.2 Å². The van der Waals surface area contributed by atoms with E-state index < -0.39 is 11.7 Å². The first-order valence-corrected chi connectivity index (χ1v) is 6.87. The minimum atomic E-state index is -4.26. The maximum absolute atomic E-state index is 12.5. The van der Waals surface area contributed by atoms with Crippen LogP contribution in [0.25, 0.3) is 0 Å². The van der Waals surface area contributed by atoms with Crippen LogP contribution in [0.3, 0.4) is 0 Å². The minimum absolute atomic E-state index is 0.291. The fourth-order valence-electron chi connectivity index (χ4n) is 2.09. The number of halogens is 3. The highest BCUT2D eigenvalue weighted by atomic mass is 19.4. The van der Waals surface area contributed by atoms with Crippen molar-refractivity contribution >= 4 is 0 Å². The van der Waals surface area contributed by atoms with Crippen LogP contribution in [-0.2, 0) is 12.6 Å². The number of rotatable bonds is 7. The van der Waals surface area contributed by atoms with Gasteiger partial charge in [-0.3, -0.25) is 0 Å². The van der Waals surface area contributed by atoms with Gasteiger partial charge in [-0.05, 0) is 57.7 Å². The Bertz CT molecular complexity index is 385. The summed E-state index contributed by atoms with van der Waals surface area (Å²) < 4.78 is 37.5. The molecular formula is C15H23F3N2. The molecule has 0 amide bonds. The Morgan fingerprint density at radius 2 is 1.75 bits per heavy atom. The summed E-state index contributed by atoms with van der Waals surface area (Å²) in [6.07, 6.45) is -2.54. The molecule has 0 aliphatic heterocycles. The van der Waals surface area contributed by atoms with Crippen molar-refractivity contribution in [2.24, 2.45) is 0 Å². The third-order valence-corrected chi connectivity index (χ3v) is 3.18. The van der Waals surface area contributed by atoms with E-state index in [1.165, 1.54) is 0 Å². The first kappa shape index (κ1) is 17.0. The molecule has 0 saturated heterocycles. The van der Waals surface area contributed by atoms with Gasteiger partial charge in [0.25, 0.3) is 0 Å². The van der Waals surface area contributed by atoms with Gasteiger partial charge in [-0.25, -0.2) is 0 Å². The van der Waals surface area contributed by atoms with Crippen molar-refractivity contribution in [3.05, 3.63) is 35.4 Å². The van der Waals surface area contributed by atoms with Crippen LogP contribution < -0.4 is 5.32 Å². The number of alkyl halides is 3. The molecule has 0 spiro atoms. The number of hydrogen-bond acceptors (Lipinski definition) is 2. The van der Waals surface area contributed by atoms with Crippen molar-refractivity contribution in [2.45, 2.75) is 32.0 Å². The maximum Gasteiger partial charge on any atom is 0.416 e. The van der Waals surface area contributed by atoms with Gasteiger partial charge in [-0.1, -0.05) is 19.1 Å². The van der Waals surface area contributed by atoms with Crippen LogP contribution in [0.5, 0.6) is 0 Å². The third-order valence-electron chi connectivity index (χ3n) is 3.18. The fraction of sp³-hybridized carbons (Fsp3) is 0.600. The Hall–Kier alpha value is -1.07. The lowest BCUT2D eigenvalue weighted by atomic mass is 10.0. The average molecular weight is 288 g/mol. The zero-order chi connectivity index (χ0) is 15.2. The van der Waals surface area contributed by atoms with Crippen LogP contribution in [0, 0.1) is 0 Å². The molecule has 0 aliphatic rings. The quantitative estimate of drug-likeness (QED) is 0.829. The van der Waals surface area contributed by atoms with Gasteiger partial charge in [-0.15, -0.1) is 0 Å². The van der Waals surface area contributed by atoms with Crippen LogP contribution in [0.15, 0.2) is 24.3 Å². The van der Waals surface area contributed by atoms with E-state index in [4.69, 9.17) is 0 Å². The van der Waals surface area contributed by atoms with Crippen molar-refractivity contribution in [3.8, 4) is 0 Å². The predicted octanol–water partition coefficient (Wildman–Crippen LogP) is 3.18. The van der Waals surface area contributed by atoms with Gasteiger partial charge in [0.05, 0.1) is 5.56 Å². The average Bonchev–Trinajstić information content (AvgIpc) is 2.36. The molecule has 0 aliphatic carbocycles. The summed E-state index contributed by atoms with van der Waals surface area (Å²) in [6, 6.07) is 5.75. The van der Waals surface area contributed by atoms with Crippen molar-refractivity contribution in [3.63, 3.8) is 0 Å². The monoisotopic (exact) mass is 288 g/mol. The molecule has 0 aromatic heterocycles. The van der Waals surface area contributed by atoms with Crippen LogP contribution in [-0.4, -0.2) is 38.1 Å². The number of benzene rings is 1. The molecule has 1 aromatic rings. The smallest absolute Gasteiger partial charge is 0.314 e. The van der Waals surface area contributed by atoms with E-state index in [1.54, 1.807) is 12.1 Å². The second kappa shape index (κ2) is 7.64. The Balaban J connectivity index is 2.64. The number of nitrogens with one attached hydrogen (secondary N) is 1. The van der Waals surface area contributed by atoms with Crippen LogP contribution in [0.1, 0.15) is 24.5 Å². The summed E-state index contributed by atoms with van der Waals surface area (Å²) in [5.74, 6) is 0. The van der Waals surface area contributed by atoms with Crippen LogP contribution in [0.2, 0.25) is 0 Å². The van der Waals surface area contributed by atoms with Crippen molar-refractivity contribution in [1.29, 1.82) is 0 Å². The first-order valence-electron chi connectivity index (χ1n) is 6.87. The van der Waals surface area contributed by atoms with E-state index in [2.05, 4.69) is 10.2 Å². The molecule has 1 rings (SSSR count). The molecule has 1 unspecified atom stereocenters. The van der Waals surface area contributed by atoms with Crippen molar-refractivity contribution in [1.82, 2.24) is 10.2 Å². The third kappa shape index (κ3) is 5.92. The summed E-state index contributed by atoms with van der Waals surface area (Å²) >= 11 is 0. The molecule has 2 nitrogen and oxygen atoms in total. The van der Waals surface area contributed by atoms with Crippen LogP contribution >= 0.6 is 0 Å². The summed E-state index contributed by atoms with van der Waals surface area (Å²) in [4.78, 5) is 2.11. The molecule has 0 saturated carbocycles. The van der Waals surface area contributed by atoms with Gasteiger partial charge in [0, 0.05) is 6.04 Å². The van der Waals surface area contributed by atoms with Gasteiger partial charge in [0.2, 0.25) is 0 Å². The van der Waals surface area contributed by atoms with E-state index >= 15 is 0 Å². The lowest BCUT2D eigenvalue weighted by molar-refractivity contribution is -0.137. The highest BCUT2D eigenvalue weighted by Crippen LogP contribution is 2.29. The molecule has 5 heteroatoms. The largest absolute Gasteiger partial charge is 0.416 e. The molecule has 114 valence electrons. The molecule has 0 bridgehead atoms. The molecule has 1 atom stereocenters. The summed E-state index contributed by atoms with van der Waals surface area (Å²) in [7, 11) is 4.03. The second-order valence-corrected chi connectivity index (χ2v) is 5.25. The summed E-state index contributed by atoms with van der Waals surface area (Å²) in [5.41, 5.74) is 0.345. The van der Waals surface area contributed by atoms with E-state index in [0.29, 0.717) is 6.04 Å². The zero-order valence-electron chi connectivity index (χ0n) is 12.3. The van der Waals surface area contributed by atoms with Gasteiger partial charge < -0.3 is 10.2 Å². The first-order chi connectivity index (χ1) is 9.32. The second-order valence-electron chi connectivity index (χ2n) is 5.25. The lowest BCUT2D eigenvalue weighted by Crippen LogP contribution is -2.34. The molecule has 0 fully saturated rings. The highest BCUT2D eigenvalue weighted by molar-refractivity contribution is 5.25. The van der Waals surface area contributed by atoms with E-state index in [-0.39, 0.29) is 0 Å². The van der Waals surface area contributed by atoms with E-state index in [0.717, 1.165) is 43.6 Å². The maximum atomic E-state index is 12.5. The number of likely N-dealkylation sites (N-methyl/N-ethyl adjacent to an activating group) is 1. The van der Waals surface area contributed by atoms with E-state index in [1.807, 2.05) is 21.0 Å². The van der Waals surface area contributed by atoms with Gasteiger partial charge in [0.15, 0.2) is 0 Å². The Labute approximate surface area is 119 Å². The van der Waals surface area contributed by atoms with Gasteiger partial charge in [0.1, 0.15) is 0 Å². The zero-order valence-corrected chi connectivity index (χ0v) is 12.3. The predicted molar refractivity (Wildman–Crippen MR) is 75.8 cm³/mol. The molecule has 20 heavy (non-hydrogen) atoms. The van der Waals surface area contributed by atoms with Crippen molar-refractivity contribution in [2.75, 3.05) is 27.2 Å². The normalized spacial score (nSPS) is 13.8. The lowest BCUT2D eigenvalue weighted by Gasteiger charge is -2.20. The molecule has 1 aromatic carbocycles. The highest BCUT2D eigenvalue weighted by Gasteiger charge is 2.29.